The van der Waals surface area contributed by atoms with Crippen LogP contribution in [0, 0.1) is 12.7 Å². The van der Waals surface area contributed by atoms with E-state index in [0.29, 0.717) is 17.0 Å². The molecule has 41 heavy (non-hydrogen) atoms. The molecule has 2 heterocycles. The minimum atomic E-state index is -1.11. The van der Waals surface area contributed by atoms with Crippen molar-refractivity contribution in [2.24, 2.45) is 0 Å². The number of benzene rings is 3. The van der Waals surface area contributed by atoms with Gasteiger partial charge >= 0.3 is 11.9 Å². The van der Waals surface area contributed by atoms with Crippen LogP contribution in [0.15, 0.2) is 84.4 Å². The number of esters is 1. The lowest BCUT2D eigenvalue weighted by Crippen LogP contribution is -2.29. The number of carbonyl (C=O) groups is 3. The van der Waals surface area contributed by atoms with Gasteiger partial charge in [0.2, 0.25) is 0 Å². The molecule has 0 spiro atoms. The first-order chi connectivity index (χ1) is 19.8. The number of rotatable bonds is 8. The lowest BCUT2D eigenvalue weighted by atomic mass is 9.95. The van der Waals surface area contributed by atoms with Gasteiger partial charge in [-0.3, -0.25) is 14.5 Å². The average Bonchev–Trinajstić information content (AvgIpc) is 3.49. The van der Waals surface area contributed by atoms with Gasteiger partial charge in [0.05, 0.1) is 23.9 Å². The van der Waals surface area contributed by atoms with Crippen LogP contribution < -0.4 is 9.64 Å². The van der Waals surface area contributed by atoms with Crippen LogP contribution in [0.4, 0.5) is 9.52 Å². The molecule has 1 amide bonds. The maximum atomic E-state index is 13.6. The van der Waals surface area contributed by atoms with Crippen molar-refractivity contribution in [3.8, 4) is 5.75 Å². The molecule has 8 nitrogen and oxygen atoms in total. The van der Waals surface area contributed by atoms with Gasteiger partial charge in [0, 0.05) is 5.56 Å². The zero-order valence-electron chi connectivity index (χ0n) is 22.2. The Hall–Kier alpha value is -4.83. The Kier molecular flexibility index (Phi) is 7.93. The van der Waals surface area contributed by atoms with Gasteiger partial charge in [-0.1, -0.05) is 53.8 Å². The van der Waals surface area contributed by atoms with Crippen LogP contribution >= 0.6 is 11.3 Å². The average molecular weight is 573 g/mol. The van der Waals surface area contributed by atoms with E-state index >= 15 is 0 Å². The molecule has 1 unspecified atom stereocenters. The molecule has 1 fully saturated rings. The van der Waals surface area contributed by atoms with Crippen LogP contribution in [0.25, 0.3) is 5.76 Å². The highest BCUT2D eigenvalue weighted by atomic mass is 32.1. The van der Waals surface area contributed by atoms with E-state index in [1.54, 1.807) is 38.1 Å². The van der Waals surface area contributed by atoms with E-state index in [-0.39, 0.29) is 34.4 Å². The summed E-state index contributed by atoms with van der Waals surface area (Å²) in [5.74, 6) is -2.99. The number of halogens is 1. The van der Waals surface area contributed by atoms with Gasteiger partial charge in [-0.15, -0.1) is 0 Å². The molecule has 0 bridgehead atoms. The van der Waals surface area contributed by atoms with Crippen LogP contribution in [0.1, 0.15) is 45.0 Å². The molecule has 4 aromatic rings. The van der Waals surface area contributed by atoms with E-state index in [1.165, 1.54) is 12.1 Å². The number of aliphatic hydroxyl groups excluding tert-OH is 1. The molecular formula is C31H25FN2O6S. The Morgan fingerprint density at radius 2 is 1.78 bits per heavy atom. The summed E-state index contributed by atoms with van der Waals surface area (Å²) in [5.41, 5.74) is 1.71. The lowest BCUT2D eigenvalue weighted by Gasteiger charge is -2.23. The zero-order valence-corrected chi connectivity index (χ0v) is 23.0. The first kappa shape index (κ1) is 27.7. The monoisotopic (exact) mass is 572 g/mol. The minimum Gasteiger partial charge on any atom is -0.507 e. The van der Waals surface area contributed by atoms with Crippen LogP contribution in [0.2, 0.25) is 0 Å². The topological polar surface area (TPSA) is 106 Å². The molecule has 1 N–H and O–H groups in total. The van der Waals surface area contributed by atoms with Gasteiger partial charge in [0.1, 0.15) is 28.8 Å². The smallest absolute Gasteiger partial charge is 0.350 e. The Bertz CT molecular complexity index is 1650. The number of carbonyl (C=O) groups excluding carboxylic acids is 3. The van der Waals surface area contributed by atoms with E-state index in [0.717, 1.165) is 33.9 Å². The van der Waals surface area contributed by atoms with Gasteiger partial charge in [-0.25, -0.2) is 14.2 Å². The van der Waals surface area contributed by atoms with Gasteiger partial charge in [-0.2, -0.15) is 0 Å². The fraction of sp³-hybridized carbons (Fsp3) is 0.161. The maximum Gasteiger partial charge on any atom is 0.350 e. The highest BCUT2D eigenvalue weighted by Gasteiger charge is 2.48. The predicted molar refractivity (Wildman–Crippen MR) is 151 cm³/mol. The third-order valence-electron chi connectivity index (χ3n) is 6.44. The summed E-state index contributed by atoms with van der Waals surface area (Å²) in [6, 6.07) is 20.2. The number of hydrogen-bond acceptors (Lipinski definition) is 8. The molecule has 1 aromatic heterocycles. The first-order valence-corrected chi connectivity index (χ1v) is 13.6. The number of nitrogens with zero attached hydrogens (tertiary/aromatic N) is 2. The number of amides is 1. The molecule has 5 rings (SSSR count). The molecule has 1 aliphatic heterocycles. The molecule has 3 aromatic carbocycles. The SMILES string of the molecule is CCOC(=O)c1sc(N2C(=O)C(=O)C(=C(O)c3ccc(F)cc3)C2c2cccc(OCc3ccccc3)c2)nc1C. The van der Waals surface area contributed by atoms with Gasteiger partial charge < -0.3 is 14.6 Å². The number of anilines is 1. The van der Waals surface area contributed by atoms with Crippen LogP contribution in [0.3, 0.4) is 0 Å². The molecule has 1 saturated heterocycles. The second kappa shape index (κ2) is 11.7. The second-order valence-electron chi connectivity index (χ2n) is 9.15. The second-order valence-corrected chi connectivity index (χ2v) is 10.1. The highest BCUT2D eigenvalue weighted by molar-refractivity contribution is 7.17. The Balaban J connectivity index is 1.61. The van der Waals surface area contributed by atoms with Crippen molar-refractivity contribution in [3.05, 3.63) is 118 Å². The number of ketones is 1. The number of thiazole rings is 1. The van der Waals surface area contributed by atoms with E-state index in [2.05, 4.69) is 4.98 Å². The molecule has 208 valence electrons. The zero-order chi connectivity index (χ0) is 29.1. The predicted octanol–water partition coefficient (Wildman–Crippen LogP) is 5.97. The van der Waals surface area contributed by atoms with Crippen molar-refractivity contribution in [2.45, 2.75) is 26.5 Å². The molecule has 0 aliphatic carbocycles. The van der Waals surface area contributed by atoms with E-state index in [1.807, 2.05) is 30.3 Å². The number of ether oxygens (including phenoxy) is 2. The van der Waals surface area contributed by atoms with Crippen molar-refractivity contribution >= 4 is 39.9 Å². The van der Waals surface area contributed by atoms with Crippen molar-refractivity contribution in [3.63, 3.8) is 0 Å². The van der Waals surface area contributed by atoms with Crippen LogP contribution in [-0.2, 0) is 20.9 Å². The number of aromatic nitrogens is 1. The minimum absolute atomic E-state index is 0.0893. The fourth-order valence-electron chi connectivity index (χ4n) is 4.50. The largest absolute Gasteiger partial charge is 0.507 e. The fourth-order valence-corrected chi connectivity index (χ4v) is 5.48. The van der Waals surface area contributed by atoms with Gasteiger partial charge in [-0.05, 0) is 61.4 Å². The standard InChI is InChI=1S/C31H25FN2O6S/c1-3-39-30(38)28-18(2)33-31(41-28)34-25(21-10-7-11-23(16-21)40-17-19-8-5-4-6-9-19)24(27(36)29(34)37)26(35)20-12-14-22(32)15-13-20/h4-16,25,35H,3,17H2,1-2H3. The highest BCUT2D eigenvalue weighted by Crippen LogP contribution is 2.44. The quantitative estimate of drug-likeness (QED) is 0.120. The van der Waals surface area contributed by atoms with E-state index in [9.17, 15) is 23.9 Å². The number of Topliss-reactive ketones (excluding diaryl/α,β-unsaturated/α-hetero) is 1. The van der Waals surface area contributed by atoms with Crippen molar-refractivity contribution in [1.82, 2.24) is 4.98 Å². The third-order valence-corrected chi connectivity index (χ3v) is 7.57. The summed E-state index contributed by atoms with van der Waals surface area (Å²) >= 11 is 0.914. The summed E-state index contributed by atoms with van der Waals surface area (Å²) in [6.45, 7) is 3.72. The Labute approximate surface area is 239 Å². The summed E-state index contributed by atoms with van der Waals surface area (Å²) in [4.78, 5) is 45.2. The van der Waals surface area contributed by atoms with Crippen molar-refractivity contribution in [1.29, 1.82) is 0 Å². The number of hydrogen-bond donors (Lipinski definition) is 1. The molecule has 0 radical (unpaired) electrons. The molecule has 10 heteroatoms. The molecule has 0 saturated carbocycles. The summed E-state index contributed by atoms with van der Waals surface area (Å²) in [6.07, 6.45) is 0. The summed E-state index contributed by atoms with van der Waals surface area (Å²) < 4.78 is 24.7. The normalized spacial score (nSPS) is 16.2. The molecule has 1 atom stereocenters. The van der Waals surface area contributed by atoms with Crippen molar-refractivity contribution < 1.29 is 33.4 Å². The Morgan fingerprint density at radius 1 is 1.05 bits per heavy atom. The Morgan fingerprint density at radius 3 is 2.49 bits per heavy atom. The number of aliphatic hydroxyl groups is 1. The summed E-state index contributed by atoms with van der Waals surface area (Å²) in [7, 11) is 0. The maximum absolute atomic E-state index is 13.6. The van der Waals surface area contributed by atoms with E-state index in [4.69, 9.17) is 9.47 Å². The van der Waals surface area contributed by atoms with Crippen molar-refractivity contribution in [2.75, 3.05) is 11.5 Å². The third kappa shape index (κ3) is 5.59. The molecular weight excluding hydrogens is 547 g/mol. The summed E-state index contributed by atoms with van der Waals surface area (Å²) in [5, 5.41) is 11.4. The van der Waals surface area contributed by atoms with Crippen LogP contribution in [0.5, 0.6) is 5.75 Å². The van der Waals surface area contributed by atoms with Gasteiger partial charge in [0.15, 0.2) is 5.13 Å². The van der Waals surface area contributed by atoms with Crippen LogP contribution in [-0.4, -0.2) is 34.4 Å². The van der Waals surface area contributed by atoms with Gasteiger partial charge in [0.25, 0.3) is 5.78 Å². The molecule has 1 aliphatic rings. The number of aryl methyl sites for hydroxylation is 1. The first-order valence-electron chi connectivity index (χ1n) is 12.8. The van der Waals surface area contributed by atoms with E-state index < -0.39 is 35.3 Å². The lowest BCUT2D eigenvalue weighted by molar-refractivity contribution is -0.132.